The minimum atomic E-state index is 0.321. The molecule has 2 unspecified atom stereocenters. The van der Waals surface area contributed by atoms with E-state index in [0.717, 1.165) is 25.3 Å². The van der Waals surface area contributed by atoms with Crippen LogP contribution in [0, 0.1) is 11.3 Å². The standard InChI is InChI=1S/C13H27N3/c1-6-8-15-11(5)16(9-7-2)13(14)12(15)10(3)4/h10-12,14H,6-9H2,1-5H3. The lowest BCUT2D eigenvalue weighted by atomic mass is 10.0. The number of nitrogens with zero attached hydrogens (tertiary/aromatic N) is 2. The van der Waals surface area contributed by atoms with Gasteiger partial charge < -0.3 is 4.90 Å². The zero-order chi connectivity index (χ0) is 12.3. The third-order valence-corrected chi connectivity index (χ3v) is 3.46. The Balaban J connectivity index is 2.85. The Hall–Kier alpha value is -0.570. The van der Waals surface area contributed by atoms with Crippen molar-refractivity contribution in [2.75, 3.05) is 13.1 Å². The molecule has 3 heteroatoms. The number of hydrogen-bond acceptors (Lipinski definition) is 2. The molecule has 1 fully saturated rings. The van der Waals surface area contributed by atoms with Crippen LogP contribution in [0.25, 0.3) is 0 Å². The van der Waals surface area contributed by atoms with Gasteiger partial charge in [-0.1, -0.05) is 27.7 Å². The first-order valence-corrected chi connectivity index (χ1v) is 6.65. The van der Waals surface area contributed by atoms with Crippen LogP contribution < -0.4 is 0 Å². The van der Waals surface area contributed by atoms with Gasteiger partial charge in [0.2, 0.25) is 0 Å². The van der Waals surface area contributed by atoms with Gasteiger partial charge in [-0.2, -0.15) is 0 Å². The van der Waals surface area contributed by atoms with E-state index < -0.39 is 0 Å². The van der Waals surface area contributed by atoms with E-state index >= 15 is 0 Å². The van der Waals surface area contributed by atoms with Crippen molar-refractivity contribution in [2.45, 2.75) is 59.7 Å². The molecule has 0 aromatic rings. The summed E-state index contributed by atoms with van der Waals surface area (Å²) in [4.78, 5) is 4.75. The molecule has 0 spiro atoms. The molecule has 16 heavy (non-hydrogen) atoms. The maximum Gasteiger partial charge on any atom is 0.115 e. The van der Waals surface area contributed by atoms with E-state index in [1.165, 1.54) is 6.42 Å². The second kappa shape index (κ2) is 5.67. The zero-order valence-corrected chi connectivity index (χ0v) is 11.5. The summed E-state index contributed by atoms with van der Waals surface area (Å²) >= 11 is 0. The monoisotopic (exact) mass is 225 g/mol. The fourth-order valence-corrected chi connectivity index (χ4v) is 2.77. The third kappa shape index (κ3) is 2.40. The Morgan fingerprint density at radius 1 is 1.19 bits per heavy atom. The Morgan fingerprint density at radius 2 is 1.75 bits per heavy atom. The lowest BCUT2D eigenvalue weighted by Crippen LogP contribution is -2.41. The Kier molecular flexibility index (Phi) is 4.78. The van der Waals surface area contributed by atoms with Gasteiger partial charge in [-0.3, -0.25) is 10.3 Å². The zero-order valence-electron chi connectivity index (χ0n) is 11.5. The van der Waals surface area contributed by atoms with Gasteiger partial charge in [-0.15, -0.1) is 0 Å². The van der Waals surface area contributed by atoms with E-state index in [0.29, 0.717) is 18.1 Å². The van der Waals surface area contributed by atoms with Crippen LogP contribution in [0.5, 0.6) is 0 Å². The first kappa shape index (κ1) is 13.5. The molecule has 1 aliphatic rings. The predicted molar refractivity (Wildman–Crippen MR) is 69.8 cm³/mol. The quantitative estimate of drug-likeness (QED) is 0.780. The summed E-state index contributed by atoms with van der Waals surface area (Å²) in [5, 5.41) is 8.32. The maximum absolute atomic E-state index is 8.32. The normalized spacial score (nSPS) is 27.1. The number of amidine groups is 1. The van der Waals surface area contributed by atoms with Crippen LogP contribution in [0.1, 0.15) is 47.5 Å². The van der Waals surface area contributed by atoms with Crippen LogP contribution in [-0.4, -0.2) is 40.9 Å². The van der Waals surface area contributed by atoms with Crippen LogP contribution in [0.3, 0.4) is 0 Å². The van der Waals surface area contributed by atoms with Gasteiger partial charge in [0, 0.05) is 13.1 Å². The number of hydrogen-bond donors (Lipinski definition) is 1. The predicted octanol–water partition coefficient (Wildman–Crippen LogP) is 2.77. The molecule has 2 atom stereocenters. The topological polar surface area (TPSA) is 30.3 Å². The van der Waals surface area contributed by atoms with Crippen LogP contribution in [0.15, 0.2) is 0 Å². The largest absolute Gasteiger partial charge is 0.344 e. The molecule has 1 N–H and O–H groups in total. The first-order chi connectivity index (χ1) is 7.54. The fourth-order valence-electron chi connectivity index (χ4n) is 2.77. The lowest BCUT2D eigenvalue weighted by Gasteiger charge is -2.29. The second-order valence-electron chi connectivity index (χ2n) is 5.14. The van der Waals surface area contributed by atoms with Gasteiger partial charge in [-0.25, -0.2) is 0 Å². The van der Waals surface area contributed by atoms with Gasteiger partial charge in [0.1, 0.15) is 5.84 Å². The van der Waals surface area contributed by atoms with Crippen molar-refractivity contribution in [3.05, 3.63) is 0 Å². The molecule has 0 aromatic carbocycles. The highest BCUT2D eigenvalue weighted by atomic mass is 15.4. The number of rotatable bonds is 5. The summed E-state index contributed by atoms with van der Waals surface area (Å²) in [5.74, 6) is 1.36. The van der Waals surface area contributed by atoms with Crippen molar-refractivity contribution < 1.29 is 0 Å². The molecule has 1 rings (SSSR count). The Bertz CT molecular complexity index is 237. The van der Waals surface area contributed by atoms with Gasteiger partial charge >= 0.3 is 0 Å². The van der Waals surface area contributed by atoms with Crippen molar-refractivity contribution in [3.8, 4) is 0 Å². The van der Waals surface area contributed by atoms with Gasteiger partial charge in [-0.05, 0) is 25.7 Å². The van der Waals surface area contributed by atoms with Gasteiger partial charge in [0.25, 0.3) is 0 Å². The summed E-state index contributed by atoms with van der Waals surface area (Å²) in [7, 11) is 0. The summed E-state index contributed by atoms with van der Waals surface area (Å²) in [5.41, 5.74) is 0. The lowest BCUT2D eigenvalue weighted by molar-refractivity contribution is 0.125. The molecule has 0 radical (unpaired) electrons. The van der Waals surface area contributed by atoms with E-state index in [-0.39, 0.29) is 0 Å². The highest BCUT2D eigenvalue weighted by Crippen LogP contribution is 2.27. The van der Waals surface area contributed by atoms with E-state index in [1.807, 2.05) is 0 Å². The van der Waals surface area contributed by atoms with Crippen molar-refractivity contribution in [1.82, 2.24) is 9.80 Å². The Morgan fingerprint density at radius 3 is 2.19 bits per heavy atom. The molecular formula is C13H27N3. The smallest absolute Gasteiger partial charge is 0.115 e. The van der Waals surface area contributed by atoms with E-state index in [4.69, 9.17) is 5.41 Å². The highest BCUT2D eigenvalue weighted by molar-refractivity contribution is 5.87. The molecule has 0 saturated carbocycles. The average Bonchev–Trinajstić information content (AvgIpc) is 2.44. The molecule has 0 aromatic heterocycles. The van der Waals surface area contributed by atoms with Crippen LogP contribution in [-0.2, 0) is 0 Å². The van der Waals surface area contributed by atoms with Crippen molar-refractivity contribution in [3.63, 3.8) is 0 Å². The minimum Gasteiger partial charge on any atom is -0.344 e. The third-order valence-electron chi connectivity index (χ3n) is 3.46. The van der Waals surface area contributed by atoms with E-state index in [9.17, 15) is 0 Å². The van der Waals surface area contributed by atoms with Crippen LogP contribution in [0.2, 0.25) is 0 Å². The maximum atomic E-state index is 8.32. The first-order valence-electron chi connectivity index (χ1n) is 6.65. The molecule has 1 heterocycles. The van der Waals surface area contributed by atoms with Crippen molar-refractivity contribution >= 4 is 5.84 Å². The van der Waals surface area contributed by atoms with E-state index in [2.05, 4.69) is 44.4 Å². The Labute approximate surface area is 100 Å². The van der Waals surface area contributed by atoms with Gasteiger partial charge in [0.05, 0.1) is 12.2 Å². The van der Waals surface area contributed by atoms with Crippen molar-refractivity contribution in [1.29, 1.82) is 5.41 Å². The van der Waals surface area contributed by atoms with Crippen LogP contribution in [0.4, 0.5) is 0 Å². The highest BCUT2D eigenvalue weighted by Gasteiger charge is 2.41. The molecular weight excluding hydrogens is 198 g/mol. The molecule has 0 amide bonds. The van der Waals surface area contributed by atoms with Crippen LogP contribution >= 0.6 is 0 Å². The average molecular weight is 225 g/mol. The summed E-state index contributed by atoms with van der Waals surface area (Å²) in [6, 6.07) is 0.321. The molecule has 0 bridgehead atoms. The van der Waals surface area contributed by atoms with Crippen molar-refractivity contribution in [2.24, 2.45) is 5.92 Å². The summed E-state index contributed by atoms with van der Waals surface area (Å²) in [6.07, 6.45) is 2.69. The summed E-state index contributed by atoms with van der Waals surface area (Å²) < 4.78 is 0. The second-order valence-corrected chi connectivity index (χ2v) is 5.14. The molecule has 0 aliphatic carbocycles. The SMILES string of the molecule is CCCN1C(=N)C(C(C)C)N(CCC)C1C. The summed E-state index contributed by atoms with van der Waals surface area (Å²) in [6.45, 7) is 13.2. The fraction of sp³-hybridized carbons (Fsp3) is 0.923. The molecule has 94 valence electrons. The number of nitrogens with one attached hydrogen (secondary N) is 1. The molecule has 1 saturated heterocycles. The van der Waals surface area contributed by atoms with Gasteiger partial charge in [0.15, 0.2) is 0 Å². The van der Waals surface area contributed by atoms with E-state index in [1.54, 1.807) is 0 Å². The minimum absolute atomic E-state index is 0.321. The molecule has 1 aliphatic heterocycles. The molecule has 3 nitrogen and oxygen atoms in total.